The quantitative estimate of drug-likeness (QED) is 0.638. The van der Waals surface area contributed by atoms with E-state index >= 15 is 0 Å². The number of carbonyl (C=O) groups excluding carboxylic acids is 2. The van der Waals surface area contributed by atoms with Crippen LogP contribution in [0.4, 0.5) is 5.13 Å². The largest absolute Gasteiger partial charge is 0.329 e. The molecular formula is C17H27N5O4S2. The van der Waals surface area contributed by atoms with Crippen LogP contribution in [0, 0.1) is 0 Å². The summed E-state index contributed by atoms with van der Waals surface area (Å²) in [6.07, 6.45) is 1.19. The molecule has 0 bridgehead atoms. The van der Waals surface area contributed by atoms with E-state index in [0.29, 0.717) is 24.6 Å². The molecular weight excluding hydrogens is 402 g/mol. The fourth-order valence-corrected chi connectivity index (χ4v) is 6.25. The molecule has 0 saturated carbocycles. The average Bonchev–Trinajstić information content (AvgIpc) is 3.16. The second-order valence-electron chi connectivity index (χ2n) is 7.69. The lowest BCUT2D eigenvalue weighted by Crippen LogP contribution is -2.48. The van der Waals surface area contributed by atoms with Gasteiger partial charge in [-0.05, 0) is 27.6 Å². The van der Waals surface area contributed by atoms with Gasteiger partial charge in [0.2, 0.25) is 0 Å². The van der Waals surface area contributed by atoms with Crippen LogP contribution in [0.2, 0.25) is 0 Å². The molecule has 3 heterocycles. The number of nitrogens with one attached hydrogen (secondary N) is 1. The number of amides is 2. The summed E-state index contributed by atoms with van der Waals surface area (Å²) in [4.78, 5) is 36.4. The summed E-state index contributed by atoms with van der Waals surface area (Å²) in [5, 5.41) is 3.04. The number of sulfone groups is 1. The predicted molar refractivity (Wildman–Crippen MR) is 108 cm³/mol. The first-order valence-corrected chi connectivity index (χ1v) is 11.9. The maximum absolute atomic E-state index is 12.8. The van der Waals surface area contributed by atoms with E-state index in [1.165, 1.54) is 16.2 Å². The van der Waals surface area contributed by atoms with E-state index in [0.717, 1.165) is 30.1 Å². The van der Waals surface area contributed by atoms with Gasteiger partial charge in [0, 0.05) is 43.5 Å². The van der Waals surface area contributed by atoms with E-state index in [4.69, 9.17) is 0 Å². The van der Waals surface area contributed by atoms with Crippen LogP contribution in [0.1, 0.15) is 17.0 Å². The first-order valence-electron chi connectivity index (χ1n) is 9.29. The van der Waals surface area contributed by atoms with Crippen molar-refractivity contribution >= 4 is 38.1 Å². The zero-order valence-corrected chi connectivity index (χ0v) is 18.1. The van der Waals surface area contributed by atoms with E-state index in [9.17, 15) is 18.0 Å². The molecule has 28 heavy (non-hydrogen) atoms. The number of likely N-dealkylation sites (N-methyl/N-ethyl adjacent to an activating group) is 2. The molecule has 0 spiro atoms. The highest BCUT2D eigenvalue weighted by molar-refractivity contribution is 7.91. The molecule has 1 aromatic rings. The minimum Gasteiger partial charge on any atom is -0.329 e. The zero-order valence-electron chi connectivity index (χ0n) is 16.5. The van der Waals surface area contributed by atoms with Crippen molar-refractivity contribution in [3.8, 4) is 0 Å². The van der Waals surface area contributed by atoms with Gasteiger partial charge in [0.1, 0.15) is 0 Å². The van der Waals surface area contributed by atoms with E-state index in [2.05, 4.69) is 15.2 Å². The van der Waals surface area contributed by atoms with Crippen molar-refractivity contribution in [2.75, 3.05) is 57.6 Å². The van der Waals surface area contributed by atoms with Gasteiger partial charge in [0.15, 0.2) is 15.0 Å². The minimum atomic E-state index is -3.16. The highest BCUT2D eigenvalue weighted by Gasteiger charge is 2.37. The van der Waals surface area contributed by atoms with E-state index < -0.39 is 27.7 Å². The van der Waals surface area contributed by atoms with Crippen LogP contribution in [0.3, 0.4) is 0 Å². The lowest BCUT2D eigenvalue weighted by Gasteiger charge is -2.28. The van der Waals surface area contributed by atoms with Crippen LogP contribution in [0.5, 0.6) is 0 Å². The first-order chi connectivity index (χ1) is 13.1. The Bertz CT molecular complexity index is 852. The van der Waals surface area contributed by atoms with E-state index in [-0.39, 0.29) is 11.5 Å². The number of nitrogens with zero attached hydrogens (tertiary/aromatic N) is 4. The van der Waals surface area contributed by atoms with Crippen LogP contribution >= 0.6 is 11.3 Å². The maximum Gasteiger partial charge on any atom is 0.315 e. The van der Waals surface area contributed by atoms with Crippen molar-refractivity contribution in [2.45, 2.75) is 25.4 Å². The first kappa shape index (κ1) is 21.2. The van der Waals surface area contributed by atoms with Gasteiger partial charge in [0.25, 0.3) is 0 Å². The summed E-state index contributed by atoms with van der Waals surface area (Å²) in [5.74, 6) is -1.49. The number of fused-ring (bicyclic) bond motifs is 1. The van der Waals surface area contributed by atoms with Crippen molar-refractivity contribution in [1.29, 1.82) is 0 Å². The van der Waals surface area contributed by atoms with Crippen molar-refractivity contribution in [3.63, 3.8) is 0 Å². The number of hydrogen-bond acceptors (Lipinski definition) is 8. The summed E-state index contributed by atoms with van der Waals surface area (Å²) in [6, 6.07) is -0.457. The summed E-state index contributed by atoms with van der Waals surface area (Å²) in [5.41, 5.74) is 0.970. The van der Waals surface area contributed by atoms with Crippen molar-refractivity contribution in [2.24, 2.45) is 0 Å². The molecule has 3 rings (SSSR count). The monoisotopic (exact) mass is 429 g/mol. The van der Waals surface area contributed by atoms with Gasteiger partial charge in [-0.2, -0.15) is 0 Å². The highest BCUT2D eigenvalue weighted by atomic mass is 32.2. The second kappa shape index (κ2) is 8.44. The number of anilines is 1. The van der Waals surface area contributed by atoms with Gasteiger partial charge in [-0.3, -0.25) is 14.9 Å². The van der Waals surface area contributed by atoms with Gasteiger partial charge >= 0.3 is 11.8 Å². The number of carbonyl (C=O) groups is 2. The Labute approximate surface area is 169 Å². The molecule has 2 aliphatic heterocycles. The molecule has 2 aliphatic rings. The normalized spacial score (nSPS) is 21.5. The third kappa shape index (κ3) is 5.07. The molecule has 11 heteroatoms. The third-order valence-corrected chi connectivity index (χ3v) is 7.78. The molecule has 9 nitrogen and oxygen atoms in total. The Balaban J connectivity index is 1.70. The maximum atomic E-state index is 12.8. The number of rotatable bonds is 5. The topological polar surface area (TPSA) is 103 Å². The molecule has 1 fully saturated rings. The fourth-order valence-electron chi connectivity index (χ4n) is 3.44. The zero-order chi connectivity index (χ0) is 20.5. The number of thiazole rings is 1. The summed E-state index contributed by atoms with van der Waals surface area (Å²) in [6.45, 7) is 2.55. The Morgan fingerprint density at radius 1 is 1.32 bits per heavy atom. The van der Waals surface area contributed by atoms with Crippen LogP contribution in [-0.4, -0.2) is 98.2 Å². The van der Waals surface area contributed by atoms with Gasteiger partial charge in [-0.25, -0.2) is 13.4 Å². The van der Waals surface area contributed by atoms with Crippen molar-refractivity contribution < 1.29 is 18.0 Å². The Hall–Kier alpha value is -1.56. The van der Waals surface area contributed by atoms with Gasteiger partial charge in [-0.1, -0.05) is 0 Å². The number of hydrogen-bond donors (Lipinski definition) is 1. The Kier molecular flexibility index (Phi) is 6.37. The molecule has 2 amide bonds. The molecule has 0 aliphatic carbocycles. The predicted octanol–water partition coefficient (Wildman–Crippen LogP) is -0.353. The lowest BCUT2D eigenvalue weighted by atomic mass is 10.2. The average molecular weight is 430 g/mol. The SMILES string of the molecule is CN(C)CCN(C(=O)C(=O)Nc1nc2c(s1)CN(C)CC2)C1CCS(=O)(=O)C1. The van der Waals surface area contributed by atoms with Crippen LogP contribution in [0.15, 0.2) is 0 Å². The van der Waals surface area contributed by atoms with Crippen molar-refractivity contribution in [3.05, 3.63) is 10.6 Å². The highest BCUT2D eigenvalue weighted by Crippen LogP contribution is 2.28. The summed E-state index contributed by atoms with van der Waals surface area (Å²) >= 11 is 1.39. The molecule has 1 aromatic heterocycles. The smallest absolute Gasteiger partial charge is 0.315 e. The standard InChI is InChI=1S/C17H27N5O4S2/c1-20(2)7-8-22(12-5-9-28(25,26)11-12)16(24)15(23)19-17-18-13-4-6-21(3)10-14(13)27-17/h12H,4-11H2,1-3H3,(H,18,19,23). The van der Waals surface area contributed by atoms with Crippen LogP contribution in [-0.2, 0) is 32.4 Å². The third-order valence-electron chi connectivity index (χ3n) is 5.03. The van der Waals surface area contributed by atoms with Gasteiger partial charge in [0.05, 0.1) is 17.2 Å². The fraction of sp³-hybridized carbons (Fsp3) is 0.706. The van der Waals surface area contributed by atoms with Gasteiger partial charge in [-0.15, -0.1) is 11.3 Å². The lowest BCUT2D eigenvalue weighted by molar-refractivity contribution is -0.144. The van der Waals surface area contributed by atoms with Crippen LogP contribution < -0.4 is 5.32 Å². The van der Waals surface area contributed by atoms with E-state index in [1.54, 1.807) is 0 Å². The molecule has 1 N–H and O–H groups in total. The Morgan fingerprint density at radius 2 is 2.07 bits per heavy atom. The molecule has 0 radical (unpaired) electrons. The molecule has 1 atom stereocenters. The summed E-state index contributed by atoms with van der Waals surface area (Å²) in [7, 11) is 2.60. The Morgan fingerprint density at radius 3 is 2.71 bits per heavy atom. The second-order valence-corrected chi connectivity index (χ2v) is 11.0. The minimum absolute atomic E-state index is 0.0533. The summed E-state index contributed by atoms with van der Waals surface area (Å²) < 4.78 is 23.7. The van der Waals surface area contributed by atoms with Crippen molar-refractivity contribution in [1.82, 2.24) is 19.7 Å². The van der Waals surface area contributed by atoms with Crippen LogP contribution in [0.25, 0.3) is 0 Å². The molecule has 1 unspecified atom stereocenters. The molecule has 156 valence electrons. The molecule has 0 aromatic carbocycles. The van der Waals surface area contributed by atoms with E-state index in [1.807, 2.05) is 26.0 Å². The number of aromatic nitrogens is 1. The molecule has 1 saturated heterocycles. The van der Waals surface area contributed by atoms with Gasteiger partial charge < -0.3 is 14.7 Å².